The maximum atomic E-state index is 5.76. The zero-order valence-electron chi connectivity index (χ0n) is 15.5. The van der Waals surface area contributed by atoms with E-state index in [-0.39, 0.29) is 6.10 Å². The quantitative estimate of drug-likeness (QED) is 0.583. The van der Waals surface area contributed by atoms with Crippen molar-refractivity contribution in [3.8, 4) is 11.8 Å². The second-order valence-corrected chi connectivity index (χ2v) is 4.21. The molecule has 0 aliphatic heterocycles. The monoisotopic (exact) mass is 285 g/mol. The summed E-state index contributed by atoms with van der Waals surface area (Å²) in [6.45, 7) is 21.9. The summed E-state index contributed by atoms with van der Waals surface area (Å²) >= 11 is 0. The summed E-state index contributed by atoms with van der Waals surface area (Å²) in [7, 11) is 0. The molecule has 2 unspecified atom stereocenters. The molecule has 2 nitrogen and oxygen atoms in total. The number of nitrogens with zero attached hydrogens (tertiary/aromatic N) is 1. The van der Waals surface area contributed by atoms with Crippen molar-refractivity contribution in [2.45, 2.75) is 87.4 Å². The van der Waals surface area contributed by atoms with Crippen LogP contribution in [0.4, 0.5) is 0 Å². The zero-order chi connectivity index (χ0) is 16.4. The van der Waals surface area contributed by atoms with Crippen molar-refractivity contribution in [2.24, 2.45) is 0 Å². The van der Waals surface area contributed by atoms with Crippen LogP contribution in [0.3, 0.4) is 0 Å². The molecule has 0 saturated carbocycles. The molecule has 0 heterocycles. The van der Waals surface area contributed by atoms with Crippen LogP contribution in [0.1, 0.15) is 75.2 Å². The van der Waals surface area contributed by atoms with Crippen LogP contribution < -0.4 is 0 Å². The molecular weight excluding hydrogens is 246 g/mol. The molecule has 0 bridgehead atoms. The van der Waals surface area contributed by atoms with Gasteiger partial charge in [-0.25, -0.2) is 0 Å². The van der Waals surface area contributed by atoms with E-state index in [9.17, 15) is 0 Å². The molecule has 20 heavy (non-hydrogen) atoms. The minimum absolute atomic E-state index is 0.0567. The van der Waals surface area contributed by atoms with Gasteiger partial charge in [0.15, 0.2) is 0 Å². The lowest BCUT2D eigenvalue weighted by atomic mass is 10.2. The third kappa shape index (κ3) is 17.5. The highest BCUT2D eigenvalue weighted by atomic mass is 16.5. The van der Waals surface area contributed by atoms with Crippen molar-refractivity contribution < 1.29 is 4.74 Å². The fourth-order valence-electron chi connectivity index (χ4n) is 1.76. The van der Waals surface area contributed by atoms with Gasteiger partial charge in [0.2, 0.25) is 0 Å². The zero-order valence-corrected chi connectivity index (χ0v) is 15.5. The van der Waals surface area contributed by atoms with Gasteiger partial charge in [0.05, 0.1) is 6.10 Å². The van der Waals surface area contributed by atoms with E-state index in [1.54, 1.807) is 0 Å². The number of hydrogen-bond acceptors (Lipinski definition) is 2. The normalized spacial score (nSPS) is 12.1. The van der Waals surface area contributed by atoms with E-state index in [1.807, 2.05) is 41.5 Å². The van der Waals surface area contributed by atoms with Gasteiger partial charge < -0.3 is 9.64 Å². The van der Waals surface area contributed by atoms with Gasteiger partial charge in [0.25, 0.3) is 0 Å². The van der Waals surface area contributed by atoms with Crippen LogP contribution in [0.5, 0.6) is 0 Å². The van der Waals surface area contributed by atoms with Gasteiger partial charge >= 0.3 is 0 Å². The number of hydrogen-bond donors (Lipinski definition) is 0. The fraction of sp³-hybridized carbons (Fsp3) is 0.889. The first-order valence-electron chi connectivity index (χ1n) is 8.44. The molecular formula is C18H39NO. The highest BCUT2D eigenvalue weighted by Gasteiger charge is 2.08. The molecule has 0 N–H and O–H groups in total. The predicted molar refractivity (Wildman–Crippen MR) is 93.2 cm³/mol. The smallest absolute Gasteiger partial charge is 0.115 e. The molecule has 0 aromatic rings. The molecule has 0 radical (unpaired) electrons. The van der Waals surface area contributed by atoms with E-state index in [2.05, 4.69) is 37.5 Å². The van der Waals surface area contributed by atoms with Crippen LogP contribution in [0.15, 0.2) is 0 Å². The lowest BCUT2D eigenvalue weighted by Crippen LogP contribution is -2.28. The molecule has 0 aromatic heterocycles. The van der Waals surface area contributed by atoms with Crippen molar-refractivity contribution in [1.82, 2.24) is 4.90 Å². The first-order valence-corrected chi connectivity index (χ1v) is 8.44. The highest BCUT2D eigenvalue weighted by Crippen LogP contribution is 2.04. The van der Waals surface area contributed by atoms with E-state index < -0.39 is 0 Å². The summed E-state index contributed by atoms with van der Waals surface area (Å²) in [5.74, 6) is 5.90. The van der Waals surface area contributed by atoms with Gasteiger partial charge in [-0.05, 0) is 46.7 Å². The van der Waals surface area contributed by atoms with Crippen molar-refractivity contribution in [3.05, 3.63) is 0 Å². The molecule has 0 amide bonds. The lowest BCUT2D eigenvalue weighted by Gasteiger charge is -2.22. The van der Waals surface area contributed by atoms with Gasteiger partial charge in [-0.2, -0.15) is 0 Å². The van der Waals surface area contributed by atoms with Crippen LogP contribution in [-0.4, -0.2) is 36.7 Å². The van der Waals surface area contributed by atoms with Crippen molar-refractivity contribution in [3.63, 3.8) is 0 Å². The fourth-order valence-corrected chi connectivity index (χ4v) is 1.76. The number of rotatable bonds is 8. The Bertz CT molecular complexity index is 217. The number of ether oxygens (including phenoxy) is 1. The first-order chi connectivity index (χ1) is 9.63. The van der Waals surface area contributed by atoms with Gasteiger partial charge in [-0.1, -0.05) is 47.5 Å². The van der Waals surface area contributed by atoms with E-state index in [0.717, 1.165) is 19.5 Å². The second kappa shape index (κ2) is 20.8. The van der Waals surface area contributed by atoms with E-state index in [4.69, 9.17) is 4.74 Å². The van der Waals surface area contributed by atoms with Crippen LogP contribution in [-0.2, 0) is 4.74 Å². The summed E-state index contributed by atoms with van der Waals surface area (Å²) < 4.78 is 5.76. The first kappa shape index (κ1) is 24.5. The Morgan fingerprint density at radius 1 is 1.00 bits per heavy atom. The van der Waals surface area contributed by atoms with Gasteiger partial charge in [0.1, 0.15) is 6.10 Å². The predicted octanol–water partition coefficient (Wildman–Crippen LogP) is 4.98. The summed E-state index contributed by atoms with van der Waals surface area (Å²) in [4.78, 5) is 2.47. The molecule has 0 aromatic carbocycles. The minimum Gasteiger partial charge on any atom is -0.363 e. The molecule has 0 aliphatic rings. The Kier molecular flexibility index (Phi) is 25.5. The summed E-state index contributed by atoms with van der Waals surface area (Å²) in [5.41, 5.74) is 0. The molecule has 0 spiro atoms. The van der Waals surface area contributed by atoms with Crippen molar-refractivity contribution in [2.75, 3.05) is 19.6 Å². The van der Waals surface area contributed by atoms with E-state index >= 15 is 0 Å². The molecule has 2 heteroatoms. The average Bonchev–Trinajstić information content (AvgIpc) is 2.47. The lowest BCUT2D eigenvalue weighted by molar-refractivity contribution is 0.0282. The maximum absolute atomic E-state index is 5.76. The van der Waals surface area contributed by atoms with Gasteiger partial charge in [-0.3, -0.25) is 0 Å². The Balaban J connectivity index is -0.000000656. The maximum Gasteiger partial charge on any atom is 0.115 e. The molecule has 2 atom stereocenters. The van der Waals surface area contributed by atoms with Crippen LogP contribution in [0, 0.1) is 11.8 Å². The molecule has 0 aliphatic carbocycles. The second-order valence-electron chi connectivity index (χ2n) is 4.21. The molecule has 122 valence electrons. The van der Waals surface area contributed by atoms with Crippen molar-refractivity contribution in [1.29, 1.82) is 0 Å². The highest BCUT2D eigenvalue weighted by molar-refractivity contribution is 5.00. The minimum atomic E-state index is 0.0567. The van der Waals surface area contributed by atoms with Gasteiger partial charge in [-0.15, -0.1) is 5.92 Å². The Labute approximate surface area is 129 Å². The molecule has 0 saturated heterocycles. The third-order valence-electron chi connectivity index (χ3n) is 2.62. The summed E-state index contributed by atoms with van der Waals surface area (Å²) in [6, 6.07) is 0. The third-order valence-corrected chi connectivity index (χ3v) is 2.62. The van der Waals surface area contributed by atoms with E-state index in [0.29, 0.717) is 6.10 Å². The van der Waals surface area contributed by atoms with Gasteiger partial charge in [0, 0.05) is 6.54 Å². The van der Waals surface area contributed by atoms with Crippen LogP contribution in [0.25, 0.3) is 0 Å². The SMILES string of the molecule is CC.CC.CC#CC(C)OC(C)CCN(CC)CCC. The largest absolute Gasteiger partial charge is 0.363 e. The van der Waals surface area contributed by atoms with Crippen molar-refractivity contribution >= 4 is 0 Å². The molecule has 0 rings (SSSR count). The molecule has 0 fully saturated rings. The Morgan fingerprint density at radius 2 is 1.55 bits per heavy atom. The summed E-state index contributed by atoms with van der Waals surface area (Å²) in [5, 5.41) is 0. The standard InChI is InChI=1S/C14H27NO.2C2H6/c1-6-9-13(4)16-14(5)10-12-15(8-3)11-7-2;2*1-2/h13-14H,7-8,10-12H2,1-5H3;2*1-2H3. The Morgan fingerprint density at radius 3 is 1.95 bits per heavy atom. The average molecular weight is 286 g/mol. The topological polar surface area (TPSA) is 12.5 Å². The van der Waals surface area contributed by atoms with Crippen LogP contribution in [0.2, 0.25) is 0 Å². The Hall–Kier alpha value is -0.520. The summed E-state index contributed by atoms with van der Waals surface area (Å²) in [6.07, 6.45) is 2.66. The van der Waals surface area contributed by atoms with Crippen LogP contribution >= 0.6 is 0 Å². The van der Waals surface area contributed by atoms with E-state index in [1.165, 1.54) is 13.0 Å².